The fourth-order valence-corrected chi connectivity index (χ4v) is 2.58. The van der Waals surface area contributed by atoms with Crippen LogP contribution in [0.1, 0.15) is 32.4 Å². The predicted octanol–water partition coefficient (Wildman–Crippen LogP) is 3.25. The summed E-state index contributed by atoms with van der Waals surface area (Å²) in [6.45, 7) is 3.96. The summed E-state index contributed by atoms with van der Waals surface area (Å²) in [5.74, 6) is -0.00931. The zero-order valence-electron chi connectivity index (χ0n) is 9.94. The van der Waals surface area contributed by atoms with Crippen LogP contribution in [0.2, 0.25) is 0 Å². The van der Waals surface area contributed by atoms with Crippen molar-refractivity contribution < 1.29 is 4.79 Å². The third kappa shape index (κ3) is 2.46. The molecular weight excluding hydrogens is 230 g/mol. The third-order valence-corrected chi connectivity index (χ3v) is 3.73. The Morgan fingerprint density at radius 1 is 1.29 bits per heavy atom. The van der Waals surface area contributed by atoms with Crippen LogP contribution in [0, 0.1) is 13.8 Å². The molecule has 0 saturated carbocycles. The van der Waals surface area contributed by atoms with Crippen LogP contribution in [0.15, 0.2) is 35.7 Å². The van der Waals surface area contributed by atoms with E-state index >= 15 is 0 Å². The second-order valence-electron chi connectivity index (χ2n) is 4.18. The zero-order chi connectivity index (χ0) is 12.4. The third-order valence-electron chi connectivity index (χ3n) is 2.78. The maximum atomic E-state index is 12.3. The largest absolute Gasteiger partial charge is 0.317 e. The molecule has 0 bridgehead atoms. The first-order valence-electron chi connectivity index (χ1n) is 5.50. The van der Waals surface area contributed by atoms with Gasteiger partial charge >= 0.3 is 0 Å². The summed E-state index contributed by atoms with van der Waals surface area (Å²) in [6, 6.07) is 9.08. The molecule has 1 atom stereocenters. The second kappa shape index (κ2) is 4.82. The van der Waals surface area contributed by atoms with Gasteiger partial charge in [0, 0.05) is 10.4 Å². The molecule has 1 unspecified atom stereocenters. The van der Waals surface area contributed by atoms with Crippen molar-refractivity contribution in [2.24, 2.45) is 5.73 Å². The normalized spacial score (nSPS) is 12.4. The minimum Gasteiger partial charge on any atom is -0.317 e. The van der Waals surface area contributed by atoms with Crippen molar-refractivity contribution in [1.82, 2.24) is 0 Å². The van der Waals surface area contributed by atoms with Gasteiger partial charge in [0.2, 0.25) is 0 Å². The Morgan fingerprint density at radius 3 is 2.65 bits per heavy atom. The lowest BCUT2D eigenvalue weighted by Gasteiger charge is -2.11. The highest BCUT2D eigenvalue weighted by Gasteiger charge is 2.19. The minimum atomic E-state index is -0.545. The van der Waals surface area contributed by atoms with Gasteiger partial charge in [0.1, 0.15) is 6.04 Å². The number of ketones is 1. The van der Waals surface area contributed by atoms with E-state index in [0.717, 1.165) is 21.6 Å². The molecule has 0 spiro atoms. The lowest BCUT2D eigenvalue weighted by atomic mass is 9.97. The number of nitrogens with two attached hydrogens (primary N) is 1. The molecule has 2 N–H and O–H groups in total. The summed E-state index contributed by atoms with van der Waals surface area (Å²) in [7, 11) is 0. The number of benzene rings is 1. The SMILES string of the molecule is Cc1ccc(C(=O)C(N)c2cccs2)c(C)c1. The number of rotatable bonds is 3. The van der Waals surface area contributed by atoms with E-state index in [1.165, 1.54) is 11.3 Å². The van der Waals surface area contributed by atoms with E-state index in [2.05, 4.69) is 0 Å². The Bertz CT molecular complexity index is 531. The molecule has 88 valence electrons. The van der Waals surface area contributed by atoms with Crippen LogP contribution in [0.5, 0.6) is 0 Å². The van der Waals surface area contributed by atoms with Crippen molar-refractivity contribution in [3.05, 3.63) is 57.3 Å². The first kappa shape index (κ1) is 12.0. The molecule has 1 aromatic heterocycles. The Kier molecular flexibility index (Phi) is 3.41. The molecule has 17 heavy (non-hydrogen) atoms. The van der Waals surface area contributed by atoms with Gasteiger partial charge in [-0.25, -0.2) is 0 Å². The molecule has 0 aliphatic rings. The average molecular weight is 245 g/mol. The van der Waals surface area contributed by atoms with Crippen LogP contribution in [-0.2, 0) is 0 Å². The molecule has 2 nitrogen and oxygen atoms in total. The molecule has 0 saturated heterocycles. The van der Waals surface area contributed by atoms with Gasteiger partial charge < -0.3 is 5.73 Å². The second-order valence-corrected chi connectivity index (χ2v) is 5.15. The molecule has 0 fully saturated rings. The summed E-state index contributed by atoms with van der Waals surface area (Å²) in [6.07, 6.45) is 0. The van der Waals surface area contributed by atoms with Crippen LogP contribution < -0.4 is 5.73 Å². The number of Topliss-reactive ketones (excluding diaryl/α,β-unsaturated/α-hetero) is 1. The Balaban J connectivity index is 2.31. The summed E-state index contributed by atoms with van der Waals surface area (Å²) >= 11 is 1.52. The summed E-state index contributed by atoms with van der Waals surface area (Å²) in [5.41, 5.74) is 8.85. The van der Waals surface area contributed by atoms with Crippen LogP contribution >= 0.6 is 11.3 Å². The molecule has 1 heterocycles. The van der Waals surface area contributed by atoms with E-state index in [-0.39, 0.29) is 5.78 Å². The molecule has 0 radical (unpaired) electrons. The fourth-order valence-electron chi connectivity index (χ4n) is 1.86. The maximum Gasteiger partial charge on any atom is 0.185 e. The van der Waals surface area contributed by atoms with Gasteiger partial charge in [0.15, 0.2) is 5.78 Å². The van der Waals surface area contributed by atoms with Crippen LogP contribution in [0.3, 0.4) is 0 Å². The molecule has 3 heteroatoms. The van der Waals surface area contributed by atoms with Gasteiger partial charge in [-0.2, -0.15) is 0 Å². The first-order valence-corrected chi connectivity index (χ1v) is 6.38. The van der Waals surface area contributed by atoms with E-state index in [1.54, 1.807) is 0 Å². The number of carbonyl (C=O) groups excluding carboxylic acids is 1. The van der Waals surface area contributed by atoms with Crippen LogP contribution in [0.25, 0.3) is 0 Å². The Morgan fingerprint density at radius 2 is 2.06 bits per heavy atom. The van der Waals surface area contributed by atoms with Crippen molar-refractivity contribution in [3.8, 4) is 0 Å². The van der Waals surface area contributed by atoms with Crippen molar-refractivity contribution in [2.75, 3.05) is 0 Å². The Hall–Kier alpha value is -1.45. The number of hydrogen-bond acceptors (Lipinski definition) is 3. The molecule has 2 rings (SSSR count). The highest BCUT2D eigenvalue weighted by atomic mass is 32.1. The summed E-state index contributed by atoms with van der Waals surface area (Å²) in [4.78, 5) is 13.2. The smallest absolute Gasteiger partial charge is 0.185 e. The highest BCUT2D eigenvalue weighted by molar-refractivity contribution is 7.10. The zero-order valence-corrected chi connectivity index (χ0v) is 10.8. The maximum absolute atomic E-state index is 12.3. The van der Waals surface area contributed by atoms with E-state index in [4.69, 9.17) is 5.73 Å². The van der Waals surface area contributed by atoms with E-state index in [0.29, 0.717) is 0 Å². The van der Waals surface area contributed by atoms with Crippen molar-refractivity contribution in [2.45, 2.75) is 19.9 Å². The lowest BCUT2D eigenvalue weighted by Crippen LogP contribution is -2.21. The van der Waals surface area contributed by atoms with Crippen LogP contribution in [0.4, 0.5) is 0 Å². The van der Waals surface area contributed by atoms with Crippen molar-refractivity contribution in [1.29, 1.82) is 0 Å². The highest BCUT2D eigenvalue weighted by Crippen LogP contribution is 2.22. The average Bonchev–Trinajstić information content (AvgIpc) is 2.80. The fraction of sp³-hybridized carbons (Fsp3) is 0.214. The summed E-state index contributed by atoms with van der Waals surface area (Å²) in [5, 5.41) is 1.93. The molecule has 0 amide bonds. The summed E-state index contributed by atoms with van der Waals surface area (Å²) < 4.78 is 0. The van der Waals surface area contributed by atoms with E-state index in [1.807, 2.05) is 49.6 Å². The van der Waals surface area contributed by atoms with Gasteiger partial charge in [-0.15, -0.1) is 11.3 Å². The van der Waals surface area contributed by atoms with Gasteiger partial charge in [-0.3, -0.25) is 4.79 Å². The molecule has 2 aromatic rings. The van der Waals surface area contributed by atoms with Crippen molar-refractivity contribution >= 4 is 17.1 Å². The van der Waals surface area contributed by atoms with E-state index < -0.39 is 6.04 Å². The number of aryl methyl sites for hydroxylation is 2. The predicted molar refractivity (Wildman–Crippen MR) is 71.5 cm³/mol. The van der Waals surface area contributed by atoms with Gasteiger partial charge in [-0.05, 0) is 30.9 Å². The van der Waals surface area contributed by atoms with E-state index in [9.17, 15) is 4.79 Å². The van der Waals surface area contributed by atoms with Gasteiger partial charge in [0.25, 0.3) is 0 Å². The molecular formula is C14H15NOS. The first-order chi connectivity index (χ1) is 8.09. The number of thiophene rings is 1. The molecule has 0 aliphatic heterocycles. The number of hydrogen-bond donors (Lipinski definition) is 1. The van der Waals surface area contributed by atoms with Crippen molar-refractivity contribution in [3.63, 3.8) is 0 Å². The lowest BCUT2D eigenvalue weighted by molar-refractivity contribution is 0.0962. The van der Waals surface area contributed by atoms with Gasteiger partial charge in [-0.1, -0.05) is 29.8 Å². The standard InChI is InChI=1S/C14H15NOS/c1-9-5-6-11(10(2)8-9)14(16)13(15)12-4-3-7-17-12/h3-8,13H,15H2,1-2H3. The Labute approximate surface area is 105 Å². The quantitative estimate of drug-likeness (QED) is 0.843. The molecule has 1 aromatic carbocycles. The number of carbonyl (C=O) groups is 1. The minimum absolute atomic E-state index is 0.00931. The van der Waals surface area contributed by atoms with Gasteiger partial charge in [0.05, 0.1) is 0 Å². The van der Waals surface area contributed by atoms with Crippen LogP contribution in [-0.4, -0.2) is 5.78 Å². The topological polar surface area (TPSA) is 43.1 Å². The monoisotopic (exact) mass is 245 g/mol. The molecule has 0 aliphatic carbocycles.